The number of hydrogen-bond donors (Lipinski definition) is 1. The quantitative estimate of drug-likeness (QED) is 0.829. The van der Waals surface area contributed by atoms with Crippen molar-refractivity contribution in [3.05, 3.63) is 63.9 Å². The van der Waals surface area contributed by atoms with Gasteiger partial charge in [-0.1, -0.05) is 33.6 Å². The summed E-state index contributed by atoms with van der Waals surface area (Å²) in [5, 5.41) is 3.33. The first kappa shape index (κ1) is 16.0. The smallest absolute Gasteiger partial charge is 0.123 e. The number of halogens is 2. The Morgan fingerprint density at radius 2 is 1.90 bits per heavy atom. The lowest BCUT2D eigenvalue weighted by atomic mass is 10.2. The second-order valence-corrected chi connectivity index (χ2v) is 6.00. The van der Waals surface area contributed by atoms with E-state index >= 15 is 0 Å². The molecule has 112 valence electrons. The summed E-state index contributed by atoms with van der Waals surface area (Å²) < 4.78 is 19.8. The molecule has 1 atom stereocenters. The first-order valence-corrected chi connectivity index (χ1v) is 7.70. The molecule has 2 aromatic rings. The zero-order chi connectivity index (χ0) is 15.2. The summed E-state index contributed by atoms with van der Waals surface area (Å²) in [7, 11) is 0. The van der Waals surface area contributed by atoms with Gasteiger partial charge in [0.2, 0.25) is 0 Å². The number of nitrogens with one attached hydrogen (secondary N) is 1. The zero-order valence-corrected chi connectivity index (χ0v) is 13.8. The summed E-state index contributed by atoms with van der Waals surface area (Å²) in [6.07, 6.45) is 0. The van der Waals surface area contributed by atoms with E-state index in [0.29, 0.717) is 13.2 Å². The van der Waals surface area contributed by atoms with E-state index in [4.69, 9.17) is 4.74 Å². The molecule has 0 fully saturated rings. The Balaban J connectivity index is 1.80. The average molecular weight is 352 g/mol. The van der Waals surface area contributed by atoms with Crippen LogP contribution in [0.15, 0.2) is 46.9 Å². The third kappa shape index (κ3) is 5.14. The summed E-state index contributed by atoms with van der Waals surface area (Å²) in [5.41, 5.74) is 2.11. The maximum Gasteiger partial charge on any atom is 0.123 e. The predicted molar refractivity (Wildman–Crippen MR) is 87.1 cm³/mol. The fourth-order valence-electron chi connectivity index (χ4n) is 1.88. The molecule has 1 unspecified atom stereocenters. The Morgan fingerprint density at radius 1 is 1.19 bits per heavy atom. The van der Waals surface area contributed by atoms with Gasteiger partial charge in [-0.25, -0.2) is 4.39 Å². The fraction of sp³-hybridized carbons (Fsp3) is 0.294. The lowest BCUT2D eigenvalue weighted by Crippen LogP contribution is -2.31. The van der Waals surface area contributed by atoms with Crippen LogP contribution in [-0.4, -0.2) is 12.6 Å². The van der Waals surface area contributed by atoms with E-state index in [2.05, 4.69) is 21.2 Å². The minimum atomic E-state index is -0.224. The van der Waals surface area contributed by atoms with Crippen LogP contribution >= 0.6 is 15.9 Å². The van der Waals surface area contributed by atoms with Gasteiger partial charge >= 0.3 is 0 Å². The lowest BCUT2D eigenvalue weighted by Gasteiger charge is -2.16. The van der Waals surface area contributed by atoms with E-state index in [1.54, 1.807) is 6.07 Å². The lowest BCUT2D eigenvalue weighted by molar-refractivity contribution is 0.272. The molecule has 0 heterocycles. The van der Waals surface area contributed by atoms with Crippen LogP contribution in [0.5, 0.6) is 5.75 Å². The largest absolute Gasteiger partial charge is 0.492 e. The number of rotatable bonds is 6. The summed E-state index contributed by atoms with van der Waals surface area (Å²) in [6, 6.07) is 12.8. The zero-order valence-electron chi connectivity index (χ0n) is 12.2. The molecule has 0 saturated heterocycles. The van der Waals surface area contributed by atoms with Crippen LogP contribution in [0.3, 0.4) is 0 Å². The molecule has 1 N–H and O–H groups in total. The SMILES string of the molecule is Cc1ccc(OCC(C)NCc2cc(F)ccc2Br)cc1. The van der Waals surface area contributed by atoms with Gasteiger partial charge in [-0.2, -0.15) is 0 Å². The van der Waals surface area contributed by atoms with Crippen molar-refractivity contribution in [1.29, 1.82) is 0 Å². The number of ether oxygens (including phenoxy) is 1. The van der Waals surface area contributed by atoms with Crippen molar-refractivity contribution in [1.82, 2.24) is 5.32 Å². The van der Waals surface area contributed by atoms with Crippen LogP contribution in [0, 0.1) is 12.7 Å². The second-order valence-electron chi connectivity index (χ2n) is 5.14. The Kier molecular flexibility index (Phi) is 5.76. The third-order valence-electron chi connectivity index (χ3n) is 3.17. The van der Waals surface area contributed by atoms with Crippen molar-refractivity contribution in [2.24, 2.45) is 0 Å². The van der Waals surface area contributed by atoms with E-state index in [1.807, 2.05) is 38.1 Å². The van der Waals surface area contributed by atoms with Crippen LogP contribution in [0.4, 0.5) is 4.39 Å². The average Bonchev–Trinajstić information content (AvgIpc) is 2.47. The summed E-state index contributed by atoms with van der Waals surface area (Å²) >= 11 is 3.43. The van der Waals surface area contributed by atoms with Crippen molar-refractivity contribution in [3.63, 3.8) is 0 Å². The molecule has 2 nitrogen and oxygen atoms in total. The minimum Gasteiger partial charge on any atom is -0.492 e. The molecule has 0 aromatic heterocycles. The van der Waals surface area contributed by atoms with Crippen LogP contribution in [0.2, 0.25) is 0 Å². The van der Waals surface area contributed by atoms with Gasteiger partial charge in [0.15, 0.2) is 0 Å². The highest BCUT2D eigenvalue weighted by Crippen LogP contribution is 2.18. The van der Waals surface area contributed by atoms with E-state index in [1.165, 1.54) is 17.7 Å². The van der Waals surface area contributed by atoms with Crippen molar-refractivity contribution in [3.8, 4) is 5.75 Å². The number of hydrogen-bond acceptors (Lipinski definition) is 2. The molecule has 0 spiro atoms. The van der Waals surface area contributed by atoms with E-state index in [9.17, 15) is 4.39 Å². The highest BCUT2D eigenvalue weighted by atomic mass is 79.9. The Hall–Kier alpha value is -1.39. The molecule has 2 aromatic carbocycles. The van der Waals surface area contributed by atoms with Gasteiger partial charge < -0.3 is 10.1 Å². The first-order valence-electron chi connectivity index (χ1n) is 6.91. The van der Waals surface area contributed by atoms with Crippen LogP contribution < -0.4 is 10.1 Å². The fourth-order valence-corrected chi connectivity index (χ4v) is 2.26. The van der Waals surface area contributed by atoms with Gasteiger partial charge in [-0.3, -0.25) is 0 Å². The van der Waals surface area contributed by atoms with Gasteiger partial charge in [0.1, 0.15) is 18.2 Å². The topological polar surface area (TPSA) is 21.3 Å². The maximum absolute atomic E-state index is 13.2. The molecule has 4 heteroatoms. The molecule has 2 rings (SSSR count). The monoisotopic (exact) mass is 351 g/mol. The molecule has 0 radical (unpaired) electrons. The van der Waals surface area contributed by atoms with E-state index in [-0.39, 0.29) is 11.9 Å². The van der Waals surface area contributed by atoms with Gasteiger partial charge in [-0.15, -0.1) is 0 Å². The Labute approximate surface area is 133 Å². The molecule has 0 bridgehead atoms. The van der Waals surface area contributed by atoms with Gasteiger partial charge in [-0.05, 0) is 49.7 Å². The molecule has 0 aliphatic heterocycles. The van der Waals surface area contributed by atoms with Crippen LogP contribution in [-0.2, 0) is 6.54 Å². The third-order valence-corrected chi connectivity index (χ3v) is 3.94. The van der Waals surface area contributed by atoms with Crippen LogP contribution in [0.25, 0.3) is 0 Å². The first-order chi connectivity index (χ1) is 10.0. The standard InChI is InChI=1S/C17H19BrFNO/c1-12-3-6-16(7-4-12)21-11-13(2)20-10-14-9-15(19)5-8-17(14)18/h3-9,13,20H,10-11H2,1-2H3. The highest BCUT2D eigenvalue weighted by Gasteiger charge is 2.06. The molecule has 0 saturated carbocycles. The summed E-state index contributed by atoms with van der Waals surface area (Å²) in [5.74, 6) is 0.639. The summed E-state index contributed by atoms with van der Waals surface area (Å²) in [6.45, 7) is 5.25. The van der Waals surface area contributed by atoms with E-state index < -0.39 is 0 Å². The van der Waals surface area contributed by atoms with E-state index in [0.717, 1.165) is 15.8 Å². The number of aryl methyl sites for hydroxylation is 1. The minimum absolute atomic E-state index is 0.168. The molecular formula is C17H19BrFNO. The Morgan fingerprint density at radius 3 is 2.62 bits per heavy atom. The highest BCUT2D eigenvalue weighted by molar-refractivity contribution is 9.10. The second kappa shape index (κ2) is 7.57. The van der Waals surface area contributed by atoms with Gasteiger partial charge in [0, 0.05) is 17.1 Å². The molecule has 0 aliphatic rings. The molecule has 0 amide bonds. The predicted octanol–water partition coefficient (Wildman–Crippen LogP) is 4.45. The van der Waals surface area contributed by atoms with Gasteiger partial charge in [0.25, 0.3) is 0 Å². The summed E-state index contributed by atoms with van der Waals surface area (Å²) in [4.78, 5) is 0. The van der Waals surface area contributed by atoms with Crippen molar-refractivity contribution in [2.75, 3.05) is 6.61 Å². The number of benzene rings is 2. The normalized spacial score (nSPS) is 12.2. The maximum atomic E-state index is 13.2. The van der Waals surface area contributed by atoms with Crippen molar-refractivity contribution in [2.45, 2.75) is 26.4 Å². The molecule has 0 aliphatic carbocycles. The van der Waals surface area contributed by atoms with Crippen molar-refractivity contribution < 1.29 is 9.13 Å². The van der Waals surface area contributed by atoms with Crippen molar-refractivity contribution >= 4 is 15.9 Å². The van der Waals surface area contributed by atoms with Gasteiger partial charge in [0.05, 0.1) is 0 Å². The Bertz CT molecular complexity index is 586. The molecule has 21 heavy (non-hydrogen) atoms. The molecular weight excluding hydrogens is 333 g/mol. The van der Waals surface area contributed by atoms with Crippen LogP contribution in [0.1, 0.15) is 18.1 Å².